The lowest BCUT2D eigenvalue weighted by atomic mass is 10.3. The van der Waals surface area contributed by atoms with Crippen molar-refractivity contribution in [2.24, 2.45) is 0 Å². The van der Waals surface area contributed by atoms with Crippen LogP contribution in [-0.4, -0.2) is 65.7 Å². The average Bonchev–Trinajstić information content (AvgIpc) is 2.87. The van der Waals surface area contributed by atoms with E-state index in [-0.39, 0.29) is 24.2 Å². The van der Waals surface area contributed by atoms with Gasteiger partial charge in [0.2, 0.25) is 11.7 Å². The van der Waals surface area contributed by atoms with Crippen LogP contribution in [0.5, 0.6) is 0 Å². The van der Waals surface area contributed by atoms with Crippen molar-refractivity contribution in [3.05, 3.63) is 11.6 Å². The fraction of sp³-hybridized carbons (Fsp3) is 0.667. The Hall–Kier alpha value is -1.96. The number of ether oxygens (including phenoxy) is 1. The molecule has 2 N–H and O–H groups in total. The Morgan fingerprint density at radius 1 is 1.45 bits per heavy atom. The van der Waals surface area contributed by atoms with Crippen molar-refractivity contribution in [3.63, 3.8) is 0 Å². The zero-order chi connectivity index (χ0) is 15.0. The van der Waals surface area contributed by atoms with Crippen LogP contribution in [0.2, 0.25) is 0 Å². The summed E-state index contributed by atoms with van der Waals surface area (Å²) in [7, 11) is 3.09. The van der Waals surface area contributed by atoms with Gasteiger partial charge < -0.3 is 15.0 Å². The van der Waals surface area contributed by atoms with Gasteiger partial charge in [-0.3, -0.25) is 14.7 Å². The highest BCUT2D eigenvalue weighted by Gasteiger charge is 2.19. The van der Waals surface area contributed by atoms with Crippen LogP contribution in [0.4, 0.5) is 0 Å². The monoisotopic (exact) mass is 283 g/mol. The molecule has 1 aromatic heterocycles. The van der Waals surface area contributed by atoms with Gasteiger partial charge in [-0.15, -0.1) is 5.10 Å². The molecule has 1 heterocycles. The summed E-state index contributed by atoms with van der Waals surface area (Å²) >= 11 is 0. The molecule has 0 bridgehead atoms. The van der Waals surface area contributed by atoms with Crippen molar-refractivity contribution >= 4 is 11.8 Å². The Labute approximate surface area is 117 Å². The third-order valence-corrected chi connectivity index (χ3v) is 2.57. The maximum Gasteiger partial charge on any atom is 0.293 e. The van der Waals surface area contributed by atoms with Crippen LogP contribution in [0.25, 0.3) is 0 Å². The van der Waals surface area contributed by atoms with E-state index in [1.165, 1.54) is 11.9 Å². The van der Waals surface area contributed by atoms with Crippen molar-refractivity contribution in [1.82, 2.24) is 25.4 Å². The number of carbonyl (C=O) groups excluding carboxylic acids is 2. The molecule has 0 aliphatic heterocycles. The largest absolute Gasteiger partial charge is 0.383 e. The topological polar surface area (TPSA) is 100 Å². The summed E-state index contributed by atoms with van der Waals surface area (Å²) in [6, 6.07) is 0. The summed E-state index contributed by atoms with van der Waals surface area (Å²) in [4.78, 5) is 28.9. The molecule has 0 unspecified atom stereocenters. The Morgan fingerprint density at radius 2 is 2.20 bits per heavy atom. The Bertz CT molecular complexity index is 446. The molecule has 8 heteroatoms. The third-order valence-electron chi connectivity index (χ3n) is 2.57. The lowest BCUT2D eigenvalue weighted by Gasteiger charge is -2.14. The minimum absolute atomic E-state index is 0.0415. The Balaban J connectivity index is 2.47. The first-order chi connectivity index (χ1) is 9.58. The highest BCUT2D eigenvalue weighted by Crippen LogP contribution is 2.00. The van der Waals surface area contributed by atoms with E-state index in [1.807, 2.05) is 6.92 Å². The standard InChI is InChI=1S/C12H21N5O3/c1-4-5-9-14-11(16-15-9)12(19)17(2)8-10(18)13-6-7-20-3/h4-8H2,1-3H3,(H,13,18)(H,14,15,16). The van der Waals surface area contributed by atoms with Gasteiger partial charge in [0, 0.05) is 27.1 Å². The van der Waals surface area contributed by atoms with Crippen LogP contribution >= 0.6 is 0 Å². The summed E-state index contributed by atoms with van der Waals surface area (Å²) in [6.07, 6.45) is 1.65. The Morgan fingerprint density at radius 3 is 2.85 bits per heavy atom. The number of aryl methyl sites for hydroxylation is 1. The number of H-pyrrole nitrogens is 1. The molecule has 2 amide bonds. The average molecular weight is 283 g/mol. The van der Waals surface area contributed by atoms with Crippen LogP contribution in [0.3, 0.4) is 0 Å². The van der Waals surface area contributed by atoms with Crippen molar-refractivity contribution < 1.29 is 14.3 Å². The molecule has 0 atom stereocenters. The molecule has 0 radical (unpaired) electrons. The Kier molecular flexibility index (Phi) is 6.65. The van der Waals surface area contributed by atoms with Gasteiger partial charge in [0.15, 0.2) is 0 Å². The normalized spacial score (nSPS) is 10.3. The second kappa shape index (κ2) is 8.26. The molecule has 20 heavy (non-hydrogen) atoms. The molecular formula is C12H21N5O3. The smallest absolute Gasteiger partial charge is 0.293 e. The molecule has 1 aromatic rings. The van der Waals surface area contributed by atoms with Crippen molar-refractivity contribution in [1.29, 1.82) is 0 Å². The van der Waals surface area contributed by atoms with E-state index in [0.717, 1.165) is 12.8 Å². The lowest BCUT2D eigenvalue weighted by Crippen LogP contribution is -2.39. The fourth-order valence-electron chi connectivity index (χ4n) is 1.55. The van der Waals surface area contributed by atoms with Crippen LogP contribution in [-0.2, 0) is 16.0 Å². The predicted octanol–water partition coefficient (Wildman–Crippen LogP) is -0.408. The van der Waals surface area contributed by atoms with Crippen LogP contribution in [0.15, 0.2) is 0 Å². The van der Waals surface area contributed by atoms with Gasteiger partial charge in [-0.1, -0.05) is 6.92 Å². The first-order valence-electron chi connectivity index (χ1n) is 6.50. The number of nitrogens with one attached hydrogen (secondary N) is 2. The van der Waals surface area contributed by atoms with E-state index in [2.05, 4.69) is 20.5 Å². The van der Waals surface area contributed by atoms with Crippen molar-refractivity contribution in [2.75, 3.05) is 33.9 Å². The summed E-state index contributed by atoms with van der Waals surface area (Å²) in [5.74, 6) is 0.127. The summed E-state index contributed by atoms with van der Waals surface area (Å²) in [5, 5.41) is 9.21. The first-order valence-corrected chi connectivity index (χ1v) is 6.50. The molecule has 0 aromatic carbocycles. The molecule has 0 spiro atoms. The van der Waals surface area contributed by atoms with E-state index in [9.17, 15) is 9.59 Å². The number of methoxy groups -OCH3 is 1. The molecule has 0 fully saturated rings. The minimum Gasteiger partial charge on any atom is -0.383 e. The molecule has 8 nitrogen and oxygen atoms in total. The van der Waals surface area contributed by atoms with Gasteiger partial charge >= 0.3 is 0 Å². The van der Waals surface area contributed by atoms with Crippen molar-refractivity contribution in [3.8, 4) is 0 Å². The third kappa shape index (κ3) is 4.96. The number of hydrogen-bond acceptors (Lipinski definition) is 5. The predicted molar refractivity (Wildman–Crippen MR) is 72.2 cm³/mol. The lowest BCUT2D eigenvalue weighted by molar-refractivity contribution is -0.121. The van der Waals surface area contributed by atoms with E-state index in [0.29, 0.717) is 19.0 Å². The molecule has 1 rings (SSSR count). The highest BCUT2D eigenvalue weighted by atomic mass is 16.5. The van der Waals surface area contributed by atoms with E-state index >= 15 is 0 Å². The van der Waals surface area contributed by atoms with Gasteiger partial charge in [0.05, 0.1) is 13.2 Å². The summed E-state index contributed by atoms with van der Waals surface area (Å²) in [5.41, 5.74) is 0. The van der Waals surface area contributed by atoms with E-state index < -0.39 is 0 Å². The molecule has 0 aliphatic carbocycles. The van der Waals surface area contributed by atoms with E-state index in [4.69, 9.17) is 4.74 Å². The molecule has 0 aliphatic rings. The quantitative estimate of drug-likeness (QED) is 0.632. The van der Waals surface area contributed by atoms with Crippen LogP contribution in [0, 0.1) is 0 Å². The van der Waals surface area contributed by atoms with Gasteiger partial charge in [0.25, 0.3) is 5.91 Å². The van der Waals surface area contributed by atoms with E-state index in [1.54, 1.807) is 7.11 Å². The van der Waals surface area contributed by atoms with Crippen LogP contribution < -0.4 is 5.32 Å². The summed E-state index contributed by atoms with van der Waals surface area (Å²) < 4.78 is 4.82. The number of aromatic amines is 1. The van der Waals surface area contributed by atoms with Gasteiger partial charge in [-0.2, -0.15) is 0 Å². The maximum absolute atomic E-state index is 12.0. The second-order valence-electron chi connectivity index (χ2n) is 4.36. The highest BCUT2D eigenvalue weighted by molar-refractivity contribution is 5.93. The molecule has 112 valence electrons. The van der Waals surface area contributed by atoms with Crippen LogP contribution in [0.1, 0.15) is 29.8 Å². The zero-order valence-electron chi connectivity index (χ0n) is 12.1. The van der Waals surface area contributed by atoms with Gasteiger partial charge in [-0.25, -0.2) is 4.98 Å². The SMILES string of the molecule is CCCc1nc(C(=O)N(C)CC(=O)NCCOC)n[nH]1. The molecule has 0 saturated carbocycles. The van der Waals surface area contributed by atoms with Crippen molar-refractivity contribution in [2.45, 2.75) is 19.8 Å². The van der Waals surface area contributed by atoms with Gasteiger partial charge in [-0.05, 0) is 6.42 Å². The number of amides is 2. The fourth-order valence-corrected chi connectivity index (χ4v) is 1.55. The number of likely N-dealkylation sites (N-methyl/N-ethyl adjacent to an activating group) is 1. The second-order valence-corrected chi connectivity index (χ2v) is 4.36. The first kappa shape index (κ1) is 16.1. The minimum atomic E-state index is -0.384. The zero-order valence-corrected chi connectivity index (χ0v) is 12.1. The number of aromatic nitrogens is 3. The van der Waals surface area contributed by atoms with Gasteiger partial charge in [0.1, 0.15) is 5.82 Å². The summed E-state index contributed by atoms with van der Waals surface area (Å²) in [6.45, 7) is 2.82. The maximum atomic E-state index is 12.0. The number of rotatable bonds is 8. The molecular weight excluding hydrogens is 262 g/mol. The number of nitrogens with zero attached hydrogens (tertiary/aromatic N) is 3. The number of hydrogen-bond donors (Lipinski definition) is 2. The molecule has 0 saturated heterocycles. The number of carbonyl (C=O) groups is 2.